The van der Waals surface area contributed by atoms with Crippen molar-refractivity contribution in [3.8, 4) is 6.07 Å². The van der Waals surface area contributed by atoms with E-state index in [1.807, 2.05) is 30.3 Å². The standard InChI is InChI=1S/C24H10N2OS/c1-26-14-3-5-15-17-6-9-20-18(23(17)27-21(15)11-14)7-8-19-16-4-2-13(12-25)10-22(16)28-24(19)20/h2-11H. The molecule has 4 heteroatoms. The molecule has 2 aromatic heterocycles. The molecule has 6 aromatic rings. The number of hydrogen-bond donors (Lipinski definition) is 0. The van der Waals surface area contributed by atoms with Gasteiger partial charge in [0.25, 0.3) is 0 Å². The van der Waals surface area contributed by atoms with Crippen LogP contribution in [0, 0.1) is 17.9 Å². The SMILES string of the molecule is [C-]#[N+]c1ccc2c(c1)oc1c2ccc2c1ccc1c3ccc(C#N)cc3sc12. The van der Waals surface area contributed by atoms with Crippen molar-refractivity contribution in [1.29, 1.82) is 5.26 Å². The average Bonchev–Trinajstić information content (AvgIpc) is 3.30. The highest BCUT2D eigenvalue weighted by atomic mass is 32.1. The van der Waals surface area contributed by atoms with E-state index in [4.69, 9.17) is 11.0 Å². The molecule has 3 nitrogen and oxygen atoms in total. The van der Waals surface area contributed by atoms with Crippen LogP contribution in [-0.4, -0.2) is 0 Å². The maximum atomic E-state index is 9.19. The number of rotatable bonds is 0. The molecule has 28 heavy (non-hydrogen) atoms. The summed E-state index contributed by atoms with van der Waals surface area (Å²) in [5.74, 6) is 0. The van der Waals surface area contributed by atoms with Gasteiger partial charge in [0.15, 0.2) is 5.69 Å². The minimum absolute atomic E-state index is 0.580. The molecule has 6 rings (SSSR count). The Labute approximate surface area is 163 Å². The number of thiophene rings is 1. The summed E-state index contributed by atoms with van der Waals surface area (Å²) < 4.78 is 8.51. The Hall–Kier alpha value is -3.86. The van der Waals surface area contributed by atoms with E-state index in [2.05, 4.69) is 35.2 Å². The molecule has 0 aliphatic rings. The second-order valence-electron chi connectivity index (χ2n) is 6.80. The molecule has 0 aliphatic carbocycles. The normalized spacial score (nSPS) is 11.5. The van der Waals surface area contributed by atoms with Gasteiger partial charge in [0.1, 0.15) is 11.2 Å². The number of benzene rings is 4. The fourth-order valence-corrected chi connectivity index (χ4v) is 5.27. The van der Waals surface area contributed by atoms with Crippen molar-refractivity contribution in [2.45, 2.75) is 0 Å². The number of fused-ring (bicyclic) bond motifs is 9. The number of nitrogens with zero attached hydrogens (tertiary/aromatic N) is 2. The van der Waals surface area contributed by atoms with Gasteiger partial charge in [-0.05, 0) is 30.3 Å². The van der Waals surface area contributed by atoms with E-state index in [0.29, 0.717) is 11.3 Å². The first-order chi connectivity index (χ1) is 13.8. The molecule has 0 amide bonds. The van der Waals surface area contributed by atoms with Crippen molar-refractivity contribution in [1.82, 2.24) is 0 Å². The summed E-state index contributed by atoms with van der Waals surface area (Å²) in [6, 6.07) is 22.2. The maximum Gasteiger partial charge on any atom is 0.190 e. The first kappa shape index (κ1) is 15.2. The molecule has 0 aliphatic heterocycles. The van der Waals surface area contributed by atoms with E-state index in [0.717, 1.165) is 37.4 Å². The molecule has 0 atom stereocenters. The Morgan fingerprint density at radius 3 is 2.29 bits per heavy atom. The molecule has 0 fully saturated rings. The van der Waals surface area contributed by atoms with Crippen molar-refractivity contribution in [3.63, 3.8) is 0 Å². The molecule has 4 aromatic carbocycles. The fourth-order valence-electron chi connectivity index (χ4n) is 4.00. The van der Waals surface area contributed by atoms with Crippen LogP contribution < -0.4 is 0 Å². The Bertz CT molecular complexity index is 1560. The molecule has 0 radical (unpaired) electrons. The topological polar surface area (TPSA) is 41.3 Å². The van der Waals surface area contributed by atoms with Crippen LogP contribution in [-0.2, 0) is 0 Å². The predicted molar refractivity (Wildman–Crippen MR) is 115 cm³/mol. The summed E-state index contributed by atoms with van der Waals surface area (Å²) in [5, 5.41) is 15.9. The summed E-state index contributed by atoms with van der Waals surface area (Å²) in [5.41, 5.74) is 2.85. The van der Waals surface area contributed by atoms with Crippen LogP contribution >= 0.6 is 11.3 Å². The van der Waals surface area contributed by atoms with Crippen molar-refractivity contribution >= 4 is 69.9 Å². The minimum Gasteiger partial charge on any atom is -0.457 e. The van der Waals surface area contributed by atoms with Gasteiger partial charge in [-0.1, -0.05) is 30.3 Å². The third-order valence-electron chi connectivity index (χ3n) is 5.31. The summed E-state index contributed by atoms with van der Waals surface area (Å²) in [6.07, 6.45) is 0. The van der Waals surface area contributed by atoms with Crippen molar-refractivity contribution in [2.24, 2.45) is 0 Å². The lowest BCUT2D eigenvalue weighted by molar-refractivity contribution is 0.673. The third-order valence-corrected chi connectivity index (χ3v) is 6.51. The number of nitriles is 1. The lowest BCUT2D eigenvalue weighted by Crippen LogP contribution is -1.75. The lowest BCUT2D eigenvalue weighted by Gasteiger charge is -2.01. The van der Waals surface area contributed by atoms with Gasteiger partial charge >= 0.3 is 0 Å². The molecule has 0 spiro atoms. The van der Waals surface area contributed by atoms with E-state index in [9.17, 15) is 5.26 Å². The van der Waals surface area contributed by atoms with E-state index in [1.54, 1.807) is 17.4 Å². The molecule has 2 heterocycles. The quantitative estimate of drug-likeness (QED) is 0.258. The first-order valence-electron chi connectivity index (χ1n) is 8.78. The second-order valence-corrected chi connectivity index (χ2v) is 7.85. The van der Waals surface area contributed by atoms with E-state index >= 15 is 0 Å². The van der Waals surface area contributed by atoms with E-state index in [-0.39, 0.29) is 0 Å². The van der Waals surface area contributed by atoms with Gasteiger partial charge in [-0.15, -0.1) is 11.3 Å². The Morgan fingerprint density at radius 1 is 0.821 bits per heavy atom. The van der Waals surface area contributed by atoms with Crippen molar-refractivity contribution in [2.75, 3.05) is 0 Å². The fraction of sp³-hybridized carbons (Fsp3) is 0. The zero-order chi connectivity index (χ0) is 18.8. The molecule has 0 N–H and O–H groups in total. The monoisotopic (exact) mass is 374 g/mol. The first-order valence-corrected chi connectivity index (χ1v) is 9.60. The number of hydrogen-bond acceptors (Lipinski definition) is 3. The minimum atomic E-state index is 0.580. The van der Waals surface area contributed by atoms with Crippen molar-refractivity contribution < 1.29 is 4.42 Å². The van der Waals surface area contributed by atoms with Crippen LogP contribution in [0.4, 0.5) is 5.69 Å². The second kappa shape index (κ2) is 5.33. The van der Waals surface area contributed by atoms with Gasteiger partial charge in [-0.25, -0.2) is 4.85 Å². The van der Waals surface area contributed by atoms with Crippen molar-refractivity contribution in [3.05, 3.63) is 77.6 Å². The smallest absolute Gasteiger partial charge is 0.190 e. The third kappa shape index (κ3) is 1.90. The van der Waals surface area contributed by atoms with Crippen LogP contribution in [0.5, 0.6) is 0 Å². The summed E-state index contributed by atoms with van der Waals surface area (Å²) in [7, 11) is 0. The average molecular weight is 374 g/mol. The van der Waals surface area contributed by atoms with Gasteiger partial charge in [0.05, 0.1) is 18.2 Å². The lowest BCUT2D eigenvalue weighted by atomic mass is 10.0. The predicted octanol–water partition coefficient (Wildman–Crippen LogP) is 7.53. The molecule has 0 saturated heterocycles. The highest BCUT2D eigenvalue weighted by Gasteiger charge is 2.14. The highest BCUT2D eigenvalue weighted by Crippen LogP contribution is 2.42. The summed E-state index contributed by atoms with van der Waals surface area (Å²) in [4.78, 5) is 3.50. The van der Waals surface area contributed by atoms with Crippen LogP contribution in [0.1, 0.15) is 5.56 Å². The highest BCUT2D eigenvalue weighted by molar-refractivity contribution is 7.26. The Kier molecular flexibility index (Phi) is 2.90. The van der Waals surface area contributed by atoms with Gasteiger partial charge in [-0.3, -0.25) is 0 Å². The van der Waals surface area contributed by atoms with Gasteiger partial charge in [0, 0.05) is 41.7 Å². The molecule has 0 saturated carbocycles. The summed E-state index contributed by atoms with van der Waals surface area (Å²) in [6.45, 7) is 7.22. The van der Waals surface area contributed by atoms with Gasteiger partial charge in [-0.2, -0.15) is 5.26 Å². The summed E-state index contributed by atoms with van der Waals surface area (Å²) >= 11 is 1.71. The molecule has 128 valence electrons. The van der Waals surface area contributed by atoms with Gasteiger partial charge < -0.3 is 4.42 Å². The van der Waals surface area contributed by atoms with Gasteiger partial charge in [0.2, 0.25) is 0 Å². The largest absolute Gasteiger partial charge is 0.457 e. The van der Waals surface area contributed by atoms with Crippen LogP contribution in [0.15, 0.2) is 65.1 Å². The molecular weight excluding hydrogens is 364 g/mol. The molecular formula is C24H10N2OS. The van der Waals surface area contributed by atoms with Crippen LogP contribution in [0.25, 0.3) is 57.7 Å². The van der Waals surface area contributed by atoms with E-state index in [1.165, 1.54) is 15.5 Å². The van der Waals surface area contributed by atoms with E-state index < -0.39 is 0 Å². The Balaban J connectivity index is 1.76. The van der Waals surface area contributed by atoms with Crippen LogP contribution in [0.2, 0.25) is 0 Å². The zero-order valence-electron chi connectivity index (χ0n) is 14.5. The van der Waals surface area contributed by atoms with Crippen LogP contribution in [0.3, 0.4) is 0 Å². The Morgan fingerprint density at radius 2 is 1.50 bits per heavy atom. The molecule has 0 bridgehead atoms. The number of furan rings is 1. The molecule has 0 unspecified atom stereocenters. The zero-order valence-corrected chi connectivity index (χ0v) is 15.3. The maximum absolute atomic E-state index is 9.19.